The molecule has 1 N–H and O–H groups in total. The Morgan fingerprint density at radius 3 is 2.42 bits per heavy atom. The molecule has 0 atom stereocenters. The summed E-state index contributed by atoms with van der Waals surface area (Å²) in [6.45, 7) is 4.15. The highest BCUT2D eigenvalue weighted by Gasteiger charge is 2.23. The fourth-order valence-corrected chi connectivity index (χ4v) is 4.13. The maximum atomic E-state index is 13.7. The molecule has 8 heteroatoms. The molecule has 1 amide bonds. The van der Waals surface area contributed by atoms with Gasteiger partial charge in [-0.3, -0.25) is 4.79 Å². The van der Waals surface area contributed by atoms with Gasteiger partial charge in [0, 0.05) is 13.1 Å². The minimum atomic E-state index is -3.68. The van der Waals surface area contributed by atoms with Gasteiger partial charge in [-0.15, -0.1) is 0 Å². The van der Waals surface area contributed by atoms with Crippen LogP contribution in [0.1, 0.15) is 19.4 Å². The summed E-state index contributed by atoms with van der Waals surface area (Å²) in [7, 11) is -3.68. The van der Waals surface area contributed by atoms with Crippen LogP contribution in [0.5, 0.6) is 0 Å². The number of benzene rings is 2. The third-order valence-corrected chi connectivity index (χ3v) is 6.24. The van der Waals surface area contributed by atoms with E-state index in [0.717, 1.165) is 0 Å². The average Bonchev–Trinajstić information content (AvgIpc) is 2.59. The first kappa shape index (κ1) is 20.4. The van der Waals surface area contributed by atoms with Crippen LogP contribution in [0.2, 0.25) is 5.02 Å². The highest BCUT2D eigenvalue weighted by molar-refractivity contribution is 7.89. The second-order valence-corrected chi connectivity index (χ2v) is 7.89. The second-order valence-electron chi connectivity index (χ2n) is 5.55. The van der Waals surface area contributed by atoms with E-state index < -0.39 is 21.7 Å². The molecule has 0 aliphatic carbocycles. The molecule has 26 heavy (non-hydrogen) atoms. The van der Waals surface area contributed by atoms with E-state index >= 15 is 0 Å². The molecule has 0 unspecified atom stereocenters. The minimum absolute atomic E-state index is 0.0341. The standard InChI is InChI=1S/C18H20ClFN2O3S/c1-3-22(4-2)26(24,25)14-9-10-15(19)17(12-14)21-18(23)11-13-7-5-6-8-16(13)20/h5-10,12H,3-4,11H2,1-2H3,(H,21,23). The Labute approximate surface area is 157 Å². The van der Waals surface area contributed by atoms with Crippen LogP contribution in [0, 0.1) is 5.82 Å². The summed E-state index contributed by atoms with van der Waals surface area (Å²) < 4.78 is 40.2. The lowest BCUT2D eigenvalue weighted by molar-refractivity contribution is -0.115. The number of amides is 1. The van der Waals surface area contributed by atoms with Gasteiger partial charge in [0.15, 0.2) is 0 Å². The molecule has 0 bridgehead atoms. The van der Waals surface area contributed by atoms with Crippen LogP contribution >= 0.6 is 11.6 Å². The number of hydrogen-bond acceptors (Lipinski definition) is 3. The molecule has 2 rings (SSSR count). The van der Waals surface area contributed by atoms with Crippen molar-refractivity contribution in [3.05, 3.63) is 58.9 Å². The largest absolute Gasteiger partial charge is 0.324 e. The van der Waals surface area contributed by atoms with E-state index in [9.17, 15) is 17.6 Å². The van der Waals surface area contributed by atoms with Crippen LogP contribution in [0.4, 0.5) is 10.1 Å². The van der Waals surface area contributed by atoms with Gasteiger partial charge in [-0.2, -0.15) is 4.31 Å². The molecule has 0 aromatic heterocycles. The Kier molecular flexibility index (Phi) is 6.75. The average molecular weight is 399 g/mol. The summed E-state index contributed by atoms with van der Waals surface area (Å²) in [5, 5.41) is 2.75. The van der Waals surface area contributed by atoms with Gasteiger partial charge in [-0.25, -0.2) is 12.8 Å². The summed E-state index contributed by atoms with van der Waals surface area (Å²) in [6.07, 6.45) is -0.184. The molecular formula is C18H20ClFN2O3S. The van der Waals surface area contributed by atoms with Gasteiger partial charge in [0.05, 0.1) is 22.0 Å². The number of rotatable bonds is 7. The van der Waals surface area contributed by atoms with Crippen molar-refractivity contribution < 1.29 is 17.6 Å². The second kappa shape index (κ2) is 8.62. The third kappa shape index (κ3) is 4.60. The van der Waals surface area contributed by atoms with E-state index in [2.05, 4.69) is 5.32 Å². The van der Waals surface area contributed by atoms with Crippen molar-refractivity contribution in [2.24, 2.45) is 0 Å². The Hall–Kier alpha value is -1.96. The van der Waals surface area contributed by atoms with Crippen molar-refractivity contribution in [2.45, 2.75) is 25.2 Å². The summed E-state index contributed by atoms with van der Waals surface area (Å²) in [6, 6.07) is 10.1. The van der Waals surface area contributed by atoms with Crippen molar-refractivity contribution in [1.29, 1.82) is 0 Å². The van der Waals surface area contributed by atoms with E-state index in [1.54, 1.807) is 19.9 Å². The SMILES string of the molecule is CCN(CC)S(=O)(=O)c1ccc(Cl)c(NC(=O)Cc2ccccc2F)c1. The first-order valence-corrected chi connectivity index (χ1v) is 9.94. The molecule has 0 heterocycles. The van der Waals surface area contributed by atoms with E-state index in [4.69, 9.17) is 11.6 Å². The Morgan fingerprint density at radius 2 is 1.81 bits per heavy atom. The summed E-state index contributed by atoms with van der Waals surface area (Å²) >= 11 is 6.07. The fraction of sp³-hybridized carbons (Fsp3) is 0.278. The maximum absolute atomic E-state index is 13.7. The number of halogens is 2. The van der Waals surface area contributed by atoms with E-state index in [1.165, 1.54) is 40.7 Å². The lowest BCUT2D eigenvalue weighted by Gasteiger charge is -2.19. The van der Waals surface area contributed by atoms with Crippen LogP contribution in [0.15, 0.2) is 47.4 Å². The zero-order chi connectivity index (χ0) is 19.3. The predicted molar refractivity (Wildman–Crippen MR) is 100 cm³/mol. The smallest absolute Gasteiger partial charge is 0.243 e. The monoisotopic (exact) mass is 398 g/mol. The van der Waals surface area contributed by atoms with Crippen molar-refractivity contribution in [3.8, 4) is 0 Å². The lowest BCUT2D eigenvalue weighted by atomic mass is 10.1. The molecule has 0 radical (unpaired) electrons. The normalized spacial score (nSPS) is 11.6. The van der Waals surface area contributed by atoms with Crippen LogP contribution in [0.25, 0.3) is 0 Å². The number of carbonyl (C=O) groups is 1. The summed E-state index contributed by atoms with van der Waals surface area (Å²) in [5.74, 6) is -0.971. The molecule has 0 fully saturated rings. The molecule has 2 aromatic rings. The van der Waals surface area contributed by atoms with Crippen LogP contribution in [0.3, 0.4) is 0 Å². The zero-order valence-corrected chi connectivity index (χ0v) is 16.1. The Balaban J connectivity index is 2.25. The Morgan fingerprint density at radius 1 is 1.15 bits per heavy atom. The third-order valence-electron chi connectivity index (χ3n) is 3.86. The van der Waals surface area contributed by atoms with Crippen LogP contribution in [-0.4, -0.2) is 31.7 Å². The predicted octanol–water partition coefficient (Wildman–Crippen LogP) is 3.69. The van der Waals surface area contributed by atoms with Gasteiger partial charge in [-0.1, -0.05) is 43.6 Å². The molecular weight excluding hydrogens is 379 g/mol. The number of nitrogens with zero attached hydrogens (tertiary/aromatic N) is 1. The molecule has 0 aliphatic rings. The number of hydrogen-bond donors (Lipinski definition) is 1. The van der Waals surface area contributed by atoms with E-state index in [1.807, 2.05) is 0 Å². The number of anilines is 1. The van der Waals surface area contributed by atoms with Gasteiger partial charge in [0.1, 0.15) is 5.82 Å². The fourth-order valence-electron chi connectivity index (χ4n) is 2.48. The quantitative estimate of drug-likeness (QED) is 0.773. The highest BCUT2D eigenvalue weighted by Crippen LogP contribution is 2.27. The van der Waals surface area contributed by atoms with E-state index in [0.29, 0.717) is 13.1 Å². The number of nitrogens with one attached hydrogen (secondary N) is 1. The maximum Gasteiger partial charge on any atom is 0.243 e. The summed E-state index contributed by atoms with van der Waals surface area (Å²) in [5.41, 5.74) is 0.411. The van der Waals surface area contributed by atoms with Crippen LogP contribution < -0.4 is 5.32 Å². The number of carbonyl (C=O) groups excluding carboxylic acids is 1. The first-order chi connectivity index (χ1) is 12.3. The topological polar surface area (TPSA) is 66.5 Å². The van der Waals surface area contributed by atoms with Gasteiger partial charge in [0.2, 0.25) is 15.9 Å². The Bertz CT molecular complexity index is 899. The molecule has 0 saturated heterocycles. The van der Waals surface area contributed by atoms with Gasteiger partial charge in [-0.05, 0) is 29.8 Å². The van der Waals surface area contributed by atoms with Crippen molar-refractivity contribution in [2.75, 3.05) is 18.4 Å². The zero-order valence-electron chi connectivity index (χ0n) is 14.5. The summed E-state index contributed by atoms with van der Waals surface area (Å²) in [4.78, 5) is 12.2. The number of sulfonamides is 1. The first-order valence-electron chi connectivity index (χ1n) is 8.12. The molecule has 2 aromatic carbocycles. The van der Waals surface area contributed by atoms with Gasteiger partial charge in [0.25, 0.3) is 0 Å². The molecule has 0 aliphatic heterocycles. The van der Waals surface area contributed by atoms with Crippen molar-refractivity contribution in [1.82, 2.24) is 4.31 Å². The molecule has 140 valence electrons. The van der Waals surface area contributed by atoms with Crippen LogP contribution in [-0.2, 0) is 21.2 Å². The molecule has 5 nitrogen and oxygen atoms in total. The van der Waals surface area contributed by atoms with Gasteiger partial charge < -0.3 is 5.32 Å². The molecule has 0 saturated carbocycles. The van der Waals surface area contributed by atoms with Crippen molar-refractivity contribution in [3.63, 3.8) is 0 Å². The molecule has 0 spiro atoms. The lowest BCUT2D eigenvalue weighted by Crippen LogP contribution is -2.30. The van der Waals surface area contributed by atoms with Gasteiger partial charge >= 0.3 is 0 Å². The van der Waals surface area contributed by atoms with Crippen molar-refractivity contribution >= 4 is 33.2 Å². The van der Waals surface area contributed by atoms with E-state index in [-0.39, 0.29) is 27.6 Å². The minimum Gasteiger partial charge on any atom is -0.324 e. The highest BCUT2D eigenvalue weighted by atomic mass is 35.5.